The molecule has 0 bridgehead atoms. The minimum absolute atomic E-state index is 0. The van der Waals surface area contributed by atoms with Crippen LogP contribution in [0.25, 0.3) is 0 Å². The van der Waals surface area contributed by atoms with Gasteiger partial charge in [-0.25, -0.2) is 13.2 Å². The monoisotopic (exact) mass is 462 g/mol. The van der Waals surface area contributed by atoms with Crippen LogP contribution in [0, 0.1) is 17.5 Å². The van der Waals surface area contributed by atoms with E-state index >= 15 is 0 Å². The lowest BCUT2D eigenvalue weighted by Gasteiger charge is -2.35. The first-order valence-corrected chi connectivity index (χ1v) is 8.19. The van der Waals surface area contributed by atoms with E-state index in [9.17, 15) is 26.3 Å². The third-order valence-electron chi connectivity index (χ3n) is 4.27. The summed E-state index contributed by atoms with van der Waals surface area (Å²) in [5.41, 5.74) is 0.689. The van der Waals surface area contributed by atoms with Gasteiger partial charge in [0.2, 0.25) is 0 Å². The third-order valence-corrected chi connectivity index (χ3v) is 4.27. The van der Waals surface area contributed by atoms with Crippen molar-refractivity contribution >= 4 is 24.8 Å². The van der Waals surface area contributed by atoms with Crippen molar-refractivity contribution in [3.63, 3.8) is 0 Å². The molecule has 3 rings (SSSR count). The van der Waals surface area contributed by atoms with E-state index in [-0.39, 0.29) is 30.4 Å². The molecule has 0 aromatic heterocycles. The first-order valence-electron chi connectivity index (χ1n) is 8.19. The van der Waals surface area contributed by atoms with E-state index in [0.29, 0.717) is 31.7 Å². The van der Waals surface area contributed by atoms with Crippen LogP contribution in [0.4, 0.5) is 26.3 Å². The van der Waals surface area contributed by atoms with Crippen molar-refractivity contribution in [1.82, 2.24) is 10.2 Å². The number of rotatable bonds is 4. The van der Waals surface area contributed by atoms with Gasteiger partial charge in [0.05, 0.1) is 6.04 Å². The maximum absolute atomic E-state index is 13.7. The van der Waals surface area contributed by atoms with Crippen LogP contribution >= 0.6 is 24.8 Å². The van der Waals surface area contributed by atoms with Crippen molar-refractivity contribution in [2.45, 2.75) is 12.4 Å². The molecule has 0 unspecified atom stereocenters. The van der Waals surface area contributed by atoms with Gasteiger partial charge in [-0.1, -0.05) is 12.1 Å². The number of nitrogens with zero attached hydrogens (tertiary/aromatic N) is 1. The predicted molar refractivity (Wildman–Crippen MR) is 100 cm³/mol. The van der Waals surface area contributed by atoms with Gasteiger partial charge >= 0.3 is 6.36 Å². The van der Waals surface area contributed by atoms with Gasteiger partial charge in [0, 0.05) is 26.2 Å². The number of halogens is 8. The first-order chi connectivity index (χ1) is 12.7. The molecule has 1 heterocycles. The van der Waals surface area contributed by atoms with Crippen LogP contribution in [0.15, 0.2) is 36.4 Å². The normalized spacial score (nSPS) is 15.8. The maximum Gasteiger partial charge on any atom is 0.573 e. The summed E-state index contributed by atoms with van der Waals surface area (Å²) < 4.78 is 81.6. The molecule has 1 fully saturated rings. The fourth-order valence-electron chi connectivity index (χ4n) is 3.14. The zero-order valence-corrected chi connectivity index (χ0v) is 16.4. The van der Waals surface area contributed by atoms with Crippen molar-refractivity contribution < 1.29 is 31.1 Å². The molecule has 0 spiro atoms. The minimum atomic E-state index is -4.82. The Labute approximate surface area is 175 Å². The van der Waals surface area contributed by atoms with E-state index in [1.807, 2.05) is 4.90 Å². The van der Waals surface area contributed by atoms with E-state index in [1.54, 1.807) is 0 Å². The molecule has 0 saturated carbocycles. The molecule has 1 N–H and O–H groups in total. The third kappa shape index (κ3) is 6.40. The predicted octanol–water partition coefficient (Wildman–Crippen LogP) is 4.84. The highest BCUT2D eigenvalue weighted by molar-refractivity contribution is 5.85. The Balaban J connectivity index is 0.00000210. The molecule has 3 nitrogen and oxygen atoms in total. The second-order valence-corrected chi connectivity index (χ2v) is 6.10. The molecule has 1 aliphatic rings. The molecule has 1 aliphatic heterocycles. The average molecular weight is 463 g/mol. The molecule has 0 aliphatic carbocycles. The van der Waals surface area contributed by atoms with Crippen LogP contribution < -0.4 is 10.1 Å². The van der Waals surface area contributed by atoms with Crippen LogP contribution in [0.2, 0.25) is 0 Å². The van der Waals surface area contributed by atoms with E-state index < -0.39 is 35.6 Å². The number of alkyl halides is 3. The molecule has 0 amide bonds. The summed E-state index contributed by atoms with van der Waals surface area (Å²) >= 11 is 0. The Morgan fingerprint density at radius 1 is 0.862 bits per heavy atom. The molecule has 162 valence electrons. The standard InChI is InChI=1S/C18H16F6N2O.2ClH/c19-14-9-12(10-15(20)16(14)21)17(26-7-5-25-6-8-26)11-1-3-13(4-2-11)27-18(22,23)24;;/h1-4,9-10,17,25H,5-8H2;2*1H/t17-;;/m1../s1. The van der Waals surface area contributed by atoms with Crippen LogP contribution in [0.3, 0.4) is 0 Å². The SMILES string of the molecule is Cl.Cl.Fc1cc([C@@H](c2ccc(OC(F)(F)F)cc2)N2CCNCC2)cc(F)c1F. The molecule has 11 heteroatoms. The minimum Gasteiger partial charge on any atom is -0.406 e. The van der Waals surface area contributed by atoms with Gasteiger partial charge in [0.1, 0.15) is 5.75 Å². The van der Waals surface area contributed by atoms with Crippen molar-refractivity contribution in [1.29, 1.82) is 0 Å². The van der Waals surface area contributed by atoms with E-state index in [1.165, 1.54) is 12.1 Å². The van der Waals surface area contributed by atoms with Crippen LogP contribution in [0.1, 0.15) is 17.2 Å². The fraction of sp³-hybridized carbons (Fsp3) is 0.333. The zero-order valence-electron chi connectivity index (χ0n) is 14.8. The number of hydrogen-bond acceptors (Lipinski definition) is 3. The van der Waals surface area contributed by atoms with Crippen molar-refractivity contribution in [3.05, 3.63) is 65.0 Å². The van der Waals surface area contributed by atoms with Gasteiger partial charge in [-0.05, 0) is 35.4 Å². The molecule has 0 radical (unpaired) electrons. The van der Waals surface area contributed by atoms with Crippen molar-refractivity contribution in [2.75, 3.05) is 26.2 Å². The Hall–Kier alpha value is -1.68. The van der Waals surface area contributed by atoms with Gasteiger partial charge in [-0.2, -0.15) is 0 Å². The van der Waals surface area contributed by atoms with E-state index in [4.69, 9.17) is 0 Å². The van der Waals surface area contributed by atoms with Gasteiger partial charge in [0.15, 0.2) is 17.5 Å². The second kappa shape index (κ2) is 10.4. The molecule has 1 saturated heterocycles. The summed E-state index contributed by atoms with van der Waals surface area (Å²) in [5.74, 6) is -4.60. The van der Waals surface area contributed by atoms with Gasteiger partial charge in [-0.15, -0.1) is 38.0 Å². The van der Waals surface area contributed by atoms with Crippen LogP contribution in [-0.4, -0.2) is 37.4 Å². The lowest BCUT2D eigenvalue weighted by molar-refractivity contribution is -0.274. The van der Waals surface area contributed by atoms with Gasteiger partial charge < -0.3 is 10.1 Å². The molecular formula is C18H18Cl2F6N2O. The lowest BCUT2D eigenvalue weighted by atomic mass is 9.96. The highest BCUT2D eigenvalue weighted by atomic mass is 35.5. The topological polar surface area (TPSA) is 24.5 Å². The molecule has 2 aromatic rings. The van der Waals surface area contributed by atoms with Gasteiger partial charge in [0.25, 0.3) is 0 Å². The van der Waals surface area contributed by atoms with E-state index in [2.05, 4.69) is 10.1 Å². The Kier molecular flexibility index (Phi) is 9.08. The Morgan fingerprint density at radius 2 is 1.38 bits per heavy atom. The molecular weight excluding hydrogens is 445 g/mol. The summed E-state index contributed by atoms with van der Waals surface area (Å²) in [6.07, 6.45) is -4.82. The summed E-state index contributed by atoms with van der Waals surface area (Å²) in [6.45, 7) is 2.37. The second-order valence-electron chi connectivity index (χ2n) is 6.10. The Morgan fingerprint density at radius 3 is 1.86 bits per heavy atom. The summed E-state index contributed by atoms with van der Waals surface area (Å²) in [5, 5.41) is 3.14. The van der Waals surface area contributed by atoms with Crippen LogP contribution in [0.5, 0.6) is 5.75 Å². The van der Waals surface area contributed by atoms with Gasteiger partial charge in [-0.3, -0.25) is 4.90 Å². The number of piperazine rings is 1. The van der Waals surface area contributed by atoms with Crippen molar-refractivity contribution in [2.24, 2.45) is 0 Å². The quantitative estimate of drug-likeness (QED) is 0.519. The average Bonchev–Trinajstić information content (AvgIpc) is 2.61. The largest absolute Gasteiger partial charge is 0.573 e. The summed E-state index contributed by atoms with van der Waals surface area (Å²) in [4.78, 5) is 1.92. The first kappa shape index (κ1) is 25.4. The molecule has 29 heavy (non-hydrogen) atoms. The maximum atomic E-state index is 13.7. The number of nitrogens with one attached hydrogen (secondary N) is 1. The number of ether oxygens (including phenoxy) is 1. The highest BCUT2D eigenvalue weighted by Crippen LogP contribution is 2.32. The molecule has 2 aromatic carbocycles. The molecule has 1 atom stereocenters. The number of benzene rings is 2. The Bertz CT molecular complexity index is 775. The van der Waals surface area contributed by atoms with E-state index in [0.717, 1.165) is 24.3 Å². The zero-order chi connectivity index (χ0) is 19.6. The smallest absolute Gasteiger partial charge is 0.406 e. The van der Waals surface area contributed by atoms with Crippen LogP contribution in [-0.2, 0) is 0 Å². The van der Waals surface area contributed by atoms with Crippen molar-refractivity contribution in [3.8, 4) is 5.75 Å². The fourth-order valence-corrected chi connectivity index (χ4v) is 3.14. The number of hydrogen-bond donors (Lipinski definition) is 1. The summed E-state index contributed by atoms with van der Waals surface area (Å²) in [6, 6.07) is 6.23. The highest BCUT2D eigenvalue weighted by Gasteiger charge is 2.31. The lowest BCUT2D eigenvalue weighted by Crippen LogP contribution is -2.45. The summed E-state index contributed by atoms with van der Waals surface area (Å²) in [7, 11) is 0.